The summed E-state index contributed by atoms with van der Waals surface area (Å²) in [6.07, 6.45) is 1.21. The molecule has 1 aromatic heterocycles. The van der Waals surface area contributed by atoms with E-state index in [1.54, 1.807) is 6.33 Å². The lowest BCUT2D eigenvalue weighted by Crippen LogP contribution is -2.20. The fourth-order valence-electron chi connectivity index (χ4n) is 1.55. The Morgan fingerprint density at radius 1 is 1.43 bits per heavy atom. The number of benzene rings is 1. The molecule has 0 aliphatic carbocycles. The van der Waals surface area contributed by atoms with E-state index in [4.69, 9.17) is 4.74 Å². The SMILES string of the molecule is O=C1Nc2cc3nc[nH]c3cc2CO1. The summed E-state index contributed by atoms with van der Waals surface area (Å²) in [5.74, 6) is 0. The Bertz CT molecular complexity index is 518. The zero-order chi connectivity index (χ0) is 9.54. The number of imidazole rings is 1. The van der Waals surface area contributed by atoms with Crippen molar-refractivity contribution in [2.75, 3.05) is 5.32 Å². The second-order valence-corrected chi connectivity index (χ2v) is 3.13. The first kappa shape index (κ1) is 7.37. The summed E-state index contributed by atoms with van der Waals surface area (Å²) < 4.78 is 4.85. The zero-order valence-electron chi connectivity index (χ0n) is 7.20. The van der Waals surface area contributed by atoms with Crippen LogP contribution in [0.3, 0.4) is 0 Å². The van der Waals surface area contributed by atoms with Crippen molar-refractivity contribution >= 4 is 22.8 Å². The minimum atomic E-state index is -0.410. The standard InChI is InChI=1S/C9H7N3O2/c13-9-12-6-2-8-7(10-4-11-8)1-5(6)3-14-9/h1-2,4H,3H2,(H,10,11)(H,12,13). The molecule has 0 radical (unpaired) electrons. The van der Waals surface area contributed by atoms with Gasteiger partial charge in [0.1, 0.15) is 6.61 Å². The number of anilines is 1. The summed E-state index contributed by atoms with van der Waals surface area (Å²) in [7, 11) is 0. The molecule has 5 nitrogen and oxygen atoms in total. The van der Waals surface area contributed by atoms with Crippen LogP contribution < -0.4 is 5.32 Å². The lowest BCUT2D eigenvalue weighted by Gasteiger charge is -2.16. The summed E-state index contributed by atoms with van der Waals surface area (Å²) in [6.45, 7) is 0.316. The summed E-state index contributed by atoms with van der Waals surface area (Å²) in [4.78, 5) is 18.0. The van der Waals surface area contributed by atoms with E-state index in [0.717, 1.165) is 22.3 Å². The van der Waals surface area contributed by atoms with Crippen molar-refractivity contribution in [3.8, 4) is 0 Å². The molecule has 1 aliphatic heterocycles. The summed E-state index contributed by atoms with van der Waals surface area (Å²) in [5.41, 5.74) is 3.52. The molecule has 1 aliphatic rings. The maximum Gasteiger partial charge on any atom is 0.411 e. The number of fused-ring (bicyclic) bond motifs is 2. The summed E-state index contributed by atoms with van der Waals surface area (Å²) in [5, 5.41) is 2.63. The largest absolute Gasteiger partial charge is 0.444 e. The van der Waals surface area contributed by atoms with Crippen LogP contribution in [0.25, 0.3) is 11.0 Å². The van der Waals surface area contributed by atoms with Crippen molar-refractivity contribution in [3.63, 3.8) is 0 Å². The molecule has 0 atom stereocenters. The fourth-order valence-corrected chi connectivity index (χ4v) is 1.55. The second kappa shape index (κ2) is 2.47. The van der Waals surface area contributed by atoms with Crippen LogP contribution in [0.5, 0.6) is 0 Å². The predicted octanol–water partition coefficient (Wildman–Crippen LogP) is 1.62. The number of hydrogen-bond donors (Lipinski definition) is 2. The third-order valence-electron chi connectivity index (χ3n) is 2.24. The molecule has 70 valence electrons. The maximum atomic E-state index is 10.9. The number of nitrogens with one attached hydrogen (secondary N) is 2. The number of H-pyrrole nitrogens is 1. The van der Waals surface area contributed by atoms with Gasteiger partial charge in [-0.3, -0.25) is 5.32 Å². The zero-order valence-corrected chi connectivity index (χ0v) is 7.20. The molecule has 0 bridgehead atoms. The lowest BCUT2D eigenvalue weighted by molar-refractivity contribution is 0.151. The van der Waals surface area contributed by atoms with Gasteiger partial charge in [-0.2, -0.15) is 0 Å². The monoisotopic (exact) mass is 189 g/mol. The smallest absolute Gasteiger partial charge is 0.411 e. The van der Waals surface area contributed by atoms with E-state index >= 15 is 0 Å². The van der Waals surface area contributed by atoms with Gasteiger partial charge in [0, 0.05) is 5.56 Å². The van der Waals surface area contributed by atoms with Crippen molar-refractivity contribution in [3.05, 3.63) is 24.0 Å². The Morgan fingerprint density at radius 2 is 2.36 bits per heavy atom. The molecule has 0 saturated carbocycles. The molecule has 0 unspecified atom stereocenters. The molecule has 0 saturated heterocycles. The average molecular weight is 189 g/mol. The van der Waals surface area contributed by atoms with Gasteiger partial charge < -0.3 is 9.72 Å². The van der Waals surface area contributed by atoms with E-state index in [1.807, 2.05) is 12.1 Å². The molecule has 2 heterocycles. The number of aromatic nitrogens is 2. The number of ether oxygens (including phenoxy) is 1. The van der Waals surface area contributed by atoms with E-state index < -0.39 is 6.09 Å². The number of carbonyl (C=O) groups is 1. The maximum absolute atomic E-state index is 10.9. The van der Waals surface area contributed by atoms with Crippen molar-refractivity contribution in [1.82, 2.24) is 9.97 Å². The lowest BCUT2D eigenvalue weighted by atomic mass is 10.1. The van der Waals surface area contributed by atoms with Gasteiger partial charge in [-0.1, -0.05) is 0 Å². The van der Waals surface area contributed by atoms with Crippen LogP contribution in [0, 0.1) is 0 Å². The highest BCUT2D eigenvalue weighted by atomic mass is 16.5. The highest BCUT2D eigenvalue weighted by Crippen LogP contribution is 2.25. The molecular formula is C9H7N3O2. The van der Waals surface area contributed by atoms with Crippen LogP contribution >= 0.6 is 0 Å². The number of rotatable bonds is 0. The summed E-state index contributed by atoms with van der Waals surface area (Å²) >= 11 is 0. The number of hydrogen-bond acceptors (Lipinski definition) is 3. The second-order valence-electron chi connectivity index (χ2n) is 3.13. The van der Waals surface area contributed by atoms with Crippen LogP contribution in [0.15, 0.2) is 18.5 Å². The van der Waals surface area contributed by atoms with Gasteiger partial charge in [-0.15, -0.1) is 0 Å². The molecule has 1 aromatic carbocycles. The van der Waals surface area contributed by atoms with Gasteiger partial charge in [0.05, 0.1) is 23.0 Å². The number of nitrogens with zero attached hydrogens (tertiary/aromatic N) is 1. The first-order valence-electron chi connectivity index (χ1n) is 4.23. The predicted molar refractivity (Wildman–Crippen MR) is 49.9 cm³/mol. The van der Waals surface area contributed by atoms with E-state index in [2.05, 4.69) is 15.3 Å². The van der Waals surface area contributed by atoms with Crippen molar-refractivity contribution in [2.24, 2.45) is 0 Å². The molecule has 2 N–H and O–H groups in total. The van der Waals surface area contributed by atoms with Gasteiger partial charge in [0.15, 0.2) is 0 Å². The quantitative estimate of drug-likeness (QED) is 0.661. The Hall–Kier alpha value is -2.04. The van der Waals surface area contributed by atoms with Crippen molar-refractivity contribution in [2.45, 2.75) is 6.61 Å². The Kier molecular flexibility index (Phi) is 1.30. The Balaban J connectivity index is 2.24. The van der Waals surface area contributed by atoms with Gasteiger partial charge in [0.2, 0.25) is 0 Å². The minimum absolute atomic E-state index is 0.316. The number of amides is 1. The van der Waals surface area contributed by atoms with Crippen molar-refractivity contribution < 1.29 is 9.53 Å². The molecule has 3 rings (SSSR count). The van der Waals surface area contributed by atoms with Crippen LogP contribution in [-0.2, 0) is 11.3 Å². The molecule has 0 spiro atoms. The first-order valence-corrected chi connectivity index (χ1v) is 4.23. The highest BCUT2D eigenvalue weighted by Gasteiger charge is 2.16. The molecule has 0 fully saturated rings. The Morgan fingerprint density at radius 3 is 3.29 bits per heavy atom. The van der Waals surface area contributed by atoms with Gasteiger partial charge in [0.25, 0.3) is 0 Å². The molecular weight excluding hydrogens is 182 g/mol. The Labute approximate surface area is 79.1 Å². The van der Waals surface area contributed by atoms with Crippen LogP contribution in [0.4, 0.5) is 10.5 Å². The van der Waals surface area contributed by atoms with E-state index in [9.17, 15) is 4.79 Å². The fraction of sp³-hybridized carbons (Fsp3) is 0.111. The van der Waals surface area contributed by atoms with E-state index in [1.165, 1.54) is 0 Å². The first-order chi connectivity index (χ1) is 6.83. The number of cyclic esters (lactones) is 1. The van der Waals surface area contributed by atoms with Crippen LogP contribution in [0.1, 0.15) is 5.56 Å². The van der Waals surface area contributed by atoms with Gasteiger partial charge in [-0.05, 0) is 12.1 Å². The van der Waals surface area contributed by atoms with E-state index in [-0.39, 0.29) is 0 Å². The van der Waals surface area contributed by atoms with Crippen molar-refractivity contribution in [1.29, 1.82) is 0 Å². The average Bonchev–Trinajstić information content (AvgIpc) is 2.61. The highest BCUT2D eigenvalue weighted by molar-refractivity contribution is 5.91. The van der Waals surface area contributed by atoms with Gasteiger partial charge in [-0.25, -0.2) is 9.78 Å². The minimum Gasteiger partial charge on any atom is -0.444 e. The molecule has 14 heavy (non-hydrogen) atoms. The molecule has 1 amide bonds. The number of carbonyl (C=O) groups excluding carboxylic acids is 1. The molecule has 2 aromatic rings. The normalized spacial score (nSPS) is 14.7. The van der Waals surface area contributed by atoms with E-state index in [0.29, 0.717) is 6.61 Å². The summed E-state index contributed by atoms with van der Waals surface area (Å²) in [6, 6.07) is 3.76. The third-order valence-corrected chi connectivity index (χ3v) is 2.24. The van der Waals surface area contributed by atoms with Crippen LogP contribution in [-0.4, -0.2) is 16.1 Å². The number of aromatic amines is 1. The third kappa shape index (κ3) is 0.953. The van der Waals surface area contributed by atoms with Gasteiger partial charge >= 0.3 is 6.09 Å². The topological polar surface area (TPSA) is 67.0 Å². The molecule has 5 heteroatoms. The van der Waals surface area contributed by atoms with Crippen LogP contribution in [0.2, 0.25) is 0 Å².